The Morgan fingerprint density at radius 2 is 1.95 bits per heavy atom. The molecular weight excluding hydrogens is 262 g/mol. The van der Waals surface area contributed by atoms with E-state index in [9.17, 15) is 14.4 Å². The zero-order valence-corrected chi connectivity index (χ0v) is 9.98. The molecule has 20 heavy (non-hydrogen) atoms. The molecule has 2 aromatic heterocycles. The lowest BCUT2D eigenvalue weighted by atomic mass is 10.2. The van der Waals surface area contributed by atoms with E-state index in [2.05, 4.69) is 9.97 Å². The van der Waals surface area contributed by atoms with Crippen LogP contribution in [0.2, 0.25) is 0 Å². The number of hydrogen-bond donors (Lipinski definition) is 1. The summed E-state index contributed by atoms with van der Waals surface area (Å²) in [6.45, 7) is 0. The van der Waals surface area contributed by atoms with E-state index in [1.807, 2.05) is 0 Å². The molecule has 0 unspecified atom stereocenters. The fourth-order valence-corrected chi connectivity index (χ4v) is 2.03. The topological polar surface area (TPSA) is 100 Å². The van der Waals surface area contributed by atoms with Crippen LogP contribution in [0, 0.1) is 0 Å². The Labute approximate surface area is 112 Å². The normalized spacial score (nSPS) is 13.5. The first-order valence-electron chi connectivity index (χ1n) is 5.62. The number of anilines is 1. The number of nitrogens with zero attached hydrogens (tertiary/aromatic N) is 3. The van der Waals surface area contributed by atoms with E-state index in [1.54, 1.807) is 0 Å². The van der Waals surface area contributed by atoms with Gasteiger partial charge in [0.05, 0.1) is 23.0 Å². The molecule has 3 heterocycles. The van der Waals surface area contributed by atoms with Crippen LogP contribution >= 0.6 is 0 Å². The number of pyridine rings is 2. The number of carbonyl (C=O) groups excluding carboxylic acids is 2. The summed E-state index contributed by atoms with van der Waals surface area (Å²) in [6, 6.07) is 4.24. The van der Waals surface area contributed by atoms with E-state index < -0.39 is 17.8 Å². The molecule has 7 heteroatoms. The Bertz CT molecular complexity index is 722. The maximum atomic E-state index is 12.2. The highest BCUT2D eigenvalue weighted by molar-refractivity contribution is 6.34. The van der Waals surface area contributed by atoms with Crippen molar-refractivity contribution in [1.29, 1.82) is 0 Å². The number of carboxylic acid groups (broad SMARTS) is 1. The van der Waals surface area contributed by atoms with Crippen molar-refractivity contribution in [3.8, 4) is 0 Å². The molecule has 0 radical (unpaired) electrons. The van der Waals surface area contributed by atoms with E-state index in [4.69, 9.17) is 5.11 Å². The highest BCUT2D eigenvalue weighted by Crippen LogP contribution is 2.28. The number of carboxylic acids is 1. The predicted molar refractivity (Wildman–Crippen MR) is 66.6 cm³/mol. The standard InChI is InChI=1S/C13H7N3O4/c17-11-8-2-1-4-15-10(8)12(18)16(11)9-6-14-5-3-7(9)13(19)20/h1-6H,(H,19,20). The second-order valence-corrected chi connectivity index (χ2v) is 4.04. The maximum absolute atomic E-state index is 12.2. The number of aromatic nitrogens is 2. The van der Waals surface area contributed by atoms with Gasteiger partial charge in [0.15, 0.2) is 0 Å². The molecule has 0 atom stereocenters. The van der Waals surface area contributed by atoms with Gasteiger partial charge in [-0.15, -0.1) is 0 Å². The molecule has 0 spiro atoms. The average molecular weight is 269 g/mol. The number of rotatable bonds is 2. The van der Waals surface area contributed by atoms with Crippen molar-refractivity contribution in [1.82, 2.24) is 9.97 Å². The molecule has 7 nitrogen and oxygen atoms in total. The molecule has 0 aromatic carbocycles. The first kappa shape index (κ1) is 12.0. The molecule has 1 N–H and O–H groups in total. The Kier molecular flexibility index (Phi) is 2.53. The first-order valence-corrected chi connectivity index (χ1v) is 5.62. The lowest BCUT2D eigenvalue weighted by molar-refractivity contribution is 0.0697. The van der Waals surface area contributed by atoms with E-state index in [-0.39, 0.29) is 22.5 Å². The quantitative estimate of drug-likeness (QED) is 0.815. The van der Waals surface area contributed by atoms with Crippen molar-refractivity contribution in [2.45, 2.75) is 0 Å². The first-order chi connectivity index (χ1) is 9.61. The van der Waals surface area contributed by atoms with Crippen molar-refractivity contribution in [2.75, 3.05) is 4.90 Å². The fraction of sp³-hybridized carbons (Fsp3) is 0. The molecule has 1 aliphatic heterocycles. The highest BCUT2D eigenvalue weighted by atomic mass is 16.4. The summed E-state index contributed by atoms with van der Waals surface area (Å²) < 4.78 is 0. The van der Waals surface area contributed by atoms with Gasteiger partial charge < -0.3 is 5.11 Å². The molecule has 0 saturated carbocycles. The average Bonchev–Trinajstić information content (AvgIpc) is 2.71. The van der Waals surface area contributed by atoms with Gasteiger partial charge in [-0.05, 0) is 18.2 Å². The van der Waals surface area contributed by atoms with Gasteiger partial charge in [0.25, 0.3) is 11.8 Å². The molecule has 2 amide bonds. The highest BCUT2D eigenvalue weighted by Gasteiger charge is 2.39. The van der Waals surface area contributed by atoms with E-state index in [0.29, 0.717) is 0 Å². The summed E-state index contributed by atoms with van der Waals surface area (Å²) in [5.74, 6) is -2.50. The summed E-state index contributed by atoms with van der Waals surface area (Å²) >= 11 is 0. The van der Waals surface area contributed by atoms with Crippen LogP contribution in [0.25, 0.3) is 0 Å². The van der Waals surface area contributed by atoms with Gasteiger partial charge in [0.1, 0.15) is 5.69 Å². The molecule has 3 rings (SSSR count). The van der Waals surface area contributed by atoms with Crippen LogP contribution in [0.4, 0.5) is 5.69 Å². The number of aromatic carboxylic acids is 1. The minimum atomic E-state index is -1.24. The van der Waals surface area contributed by atoms with Gasteiger partial charge >= 0.3 is 5.97 Å². The molecule has 0 fully saturated rings. The Hall–Kier alpha value is -3.09. The Morgan fingerprint density at radius 1 is 1.15 bits per heavy atom. The largest absolute Gasteiger partial charge is 0.478 e. The third kappa shape index (κ3) is 1.57. The molecule has 0 bridgehead atoms. The van der Waals surface area contributed by atoms with Gasteiger partial charge in [0, 0.05) is 12.4 Å². The number of hydrogen-bond acceptors (Lipinski definition) is 5. The van der Waals surface area contributed by atoms with Crippen molar-refractivity contribution >= 4 is 23.5 Å². The van der Waals surface area contributed by atoms with Crippen molar-refractivity contribution in [2.24, 2.45) is 0 Å². The lowest BCUT2D eigenvalue weighted by Gasteiger charge is -2.15. The second-order valence-electron chi connectivity index (χ2n) is 4.04. The number of fused-ring (bicyclic) bond motifs is 1. The van der Waals surface area contributed by atoms with Crippen molar-refractivity contribution in [3.63, 3.8) is 0 Å². The van der Waals surface area contributed by atoms with Gasteiger partial charge in [0.2, 0.25) is 0 Å². The molecule has 2 aromatic rings. The number of amides is 2. The van der Waals surface area contributed by atoms with Crippen LogP contribution in [0.15, 0.2) is 36.8 Å². The third-order valence-electron chi connectivity index (χ3n) is 2.92. The molecule has 0 saturated heterocycles. The molecular formula is C13H7N3O4. The summed E-state index contributed by atoms with van der Waals surface area (Å²) in [4.78, 5) is 44.0. The predicted octanol–water partition coefficient (Wildman–Crippen LogP) is 0.975. The summed E-state index contributed by atoms with van der Waals surface area (Å²) in [5, 5.41) is 9.12. The van der Waals surface area contributed by atoms with Crippen molar-refractivity contribution < 1.29 is 19.5 Å². The summed E-state index contributed by atoms with van der Waals surface area (Å²) in [7, 11) is 0. The van der Waals surface area contributed by atoms with Crippen LogP contribution < -0.4 is 4.90 Å². The van der Waals surface area contributed by atoms with E-state index >= 15 is 0 Å². The van der Waals surface area contributed by atoms with Crippen LogP contribution in [0.5, 0.6) is 0 Å². The summed E-state index contributed by atoms with van der Waals surface area (Å²) in [5.41, 5.74) is -0.0714. The van der Waals surface area contributed by atoms with E-state index in [0.717, 1.165) is 4.90 Å². The molecule has 1 aliphatic rings. The Balaban J connectivity index is 2.17. The van der Waals surface area contributed by atoms with Crippen molar-refractivity contribution in [3.05, 3.63) is 53.6 Å². The van der Waals surface area contributed by atoms with Gasteiger partial charge in [-0.2, -0.15) is 0 Å². The monoisotopic (exact) mass is 269 g/mol. The van der Waals surface area contributed by atoms with Gasteiger partial charge in [-0.1, -0.05) is 0 Å². The smallest absolute Gasteiger partial charge is 0.337 e. The van der Waals surface area contributed by atoms with Gasteiger partial charge in [-0.25, -0.2) is 9.69 Å². The van der Waals surface area contributed by atoms with Crippen LogP contribution in [0.3, 0.4) is 0 Å². The third-order valence-corrected chi connectivity index (χ3v) is 2.92. The van der Waals surface area contributed by atoms with Crippen LogP contribution in [-0.4, -0.2) is 32.9 Å². The van der Waals surface area contributed by atoms with E-state index in [1.165, 1.54) is 36.8 Å². The van der Waals surface area contributed by atoms with Crippen LogP contribution in [0.1, 0.15) is 31.2 Å². The zero-order chi connectivity index (χ0) is 14.3. The molecule has 0 aliphatic carbocycles. The number of imide groups is 1. The zero-order valence-electron chi connectivity index (χ0n) is 9.98. The van der Waals surface area contributed by atoms with Gasteiger partial charge in [-0.3, -0.25) is 19.6 Å². The minimum absolute atomic E-state index is 0.0118. The van der Waals surface area contributed by atoms with Crippen LogP contribution in [-0.2, 0) is 0 Å². The lowest BCUT2D eigenvalue weighted by Crippen LogP contribution is -2.31. The SMILES string of the molecule is O=C(O)c1ccncc1N1C(=O)c2cccnc2C1=O. The Morgan fingerprint density at radius 3 is 2.65 bits per heavy atom. The summed E-state index contributed by atoms with van der Waals surface area (Å²) in [6.07, 6.45) is 3.85. The second kappa shape index (κ2) is 4.23. The minimum Gasteiger partial charge on any atom is -0.478 e. The number of carbonyl (C=O) groups is 3. The molecule has 98 valence electrons. The maximum Gasteiger partial charge on any atom is 0.337 e. The fourth-order valence-electron chi connectivity index (χ4n) is 2.03.